The molecule has 2 rings (SSSR count). The summed E-state index contributed by atoms with van der Waals surface area (Å²) in [6, 6.07) is 6.45. The Morgan fingerprint density at radius 3 is 2.65 bits per heavy atom. The van der Waals surface area contributed by atoms with Crippen LogP contribution in [0.4, 0.5) is 0 Å². The molecule has 1 unspecified atom stereocenters. The van der Waals surface area contributed by atoms with E-state index in [0.717, 1.165) is 31.2 Å². The standard InChI is InChI=1S/C19H30NO5P/c1-14(16-8-5-9-17(10-16)19(22)23)20-11-18(21)13-26(24,25)12-15-6-3-2-4-7-15/h5,8-10,14-15,18,20-21H,2-4,6-7,11-13H2,1H3,(H,22,23)(H,24,25)/t14-,18-/m0/s1. The van der Waals surface area contributed by atoms with Gasteiger partial charge in [-0.05, 0) is 43.4 Å². The lowest BCUT2D eigenvalue weighted by atomic mass is 9.91. The molecule has 26 heavy (non-hydrogen) atoms. The molecule has 1 fully saturated rings. The van der Waals surface area contributed by atoms with Gasteiger partial charge in [0.15, 0.2) is 0 Å². The summed E-state index contributed by atoms with van der Waals surface area (Å²) in [5, 5.41) is 22.3. The molecule has 0 amide bonds. The molecule has 0 bridgehead atoms. The van der Waals surface area contributed by atoms with Crippen LogP contribution in [0.25, 0.3) is 0 Å². The van der Waals surface area contributed by atoms with E-state index >= 15 is 0 Å². The van der Waals surface area contributed by atoms with Crippen LogP contribution in [0.15, 0.2) is 24.3 Å². The number of hydrogen-bond donors (Lipinski definition) is 4. The predicted octanol–water partition coefficient (Wildman–Crippen LogP) is 3.25. The zero-order valence-electron chi connectivity index (χ0n) is 15.3. The lowest BCUT2D eigenvalue weighted by Crippen LogP contribution is -2.32. The van der Waals surface area contributed by atoms with Crippen molar-refractivity contribution in [3.8, 4) is 0 Å². The maximum Gasteiger partial charge on any atom is 0.335 e. The molecule has 0 aliphatic heterocycles. The van der Waals surface area contributed by atoms with Gasteiger partial charge in [0.2, 0.25) is 7.37 Å². The van der Waals surface area contributed by atoms with Gasteiger partial charge in [-0.15, -0.1) is 0 Å². The summed E-state index contributed by atoms with van der Waals surface area (Å²) in [6.07, 6.45) is 4.78. The third-order valence-electron chi connectivity index (χ3n) is 5.06. The van der Waals surface area contributed by atoms with Crippen molar-refractivity contribution in [1.82, 2.24) is 5.32 Å². The second-order valence-electron chi connectivity index (χ2n) is 7.43. The van der Waals surface area contributed by atoms with Crippen molar-refractivity contribution < 1.29 is 24.5 Å². The van der Waals surface area contributed by atoms with E-state index in [1.165, 1.54) is 12.5 Å². The van der Waals surface area contributed by atoms with Crippen LogP contribution < -0.4 is 5.32 Å². The first-order valence-electron chi connectivity index (χ1n) is 9.32. The monoisotopic (exact) mass is 383 g/mol. The van der Waals surface area contributed by atoms with Gasteiger partial charge in [0.1, 0.15) is 0 Å². The van der Waals surface area contributed by atoms with Gasteiger partial charge < -0.3 is 20.4 Å². The number of aromatic carboxylic acids is 1. The minimum absolute atomic E-state index is 0.0988. The van der Waals surface area contributed by atoms with E-state index in [-0.39, 0.29) is 24.3 Å². The topological polar surface area (TPSA) is 107 Å². The van der Waals surface area contributed by atoms with E-state index in [4.69, 9.17) is 5.11 Å². The van der Waals surface area contributed by atoms with Gasteiger partial charge >= 0.3 is 5.97 Å². The van der Waals surface area contributed by atoms with Gasteiger partial charge in [0, 0.05) is 18.7 Å². The van der Waals surface area contributed by atoms with E-state index in [1.54, 1.807) is 12.1 Å². The molecule has 4 N–H and O–H groups in total. The van der Waals surface area contributed by atoms with Gasteiger partial charge in [-0.2, -0.15) is 0 Å². The van der Waals surface area contributed by atoms with Gasteiger partial charge in [0.05, 0.1) is 17.8 Å². The third-order valence-corrected chi connectivity index (χ3v) is 7.14. The molecule has 1 aliphatic carbocycles. The van der Waals surface area contributed by atoms with Gasteiger partial charge in [-0.3, -0.25) is 4.57 Å². The second kappa shape index (κ2) is 9.65. The van der Waals surface area contributed by atoms with Gasteiger partial charge in [-0.25, -0.2) is 4.79 Å². The number of nitrogens with one attached hydrogen (secondary N) is 1. The minimum atomic E-state index is -3.34. The van der Waals surface area contributed by atoms with Crippen molar-refractivity contribution in [2.24, 2.45) is 5.92 Å². The maximum atomic E-state index is 12.4. The van der Waals surface area contributed by atoms with Crippen molar-refractivity contribution in [3.05, 3.63) is 35.4 Å². The zero-order chi connectivity index (χ0) is 19.2. The van der Waals surface area contributed by atoms with E-state index in [0.29, 0.717) is 12.1 Å². The van der Waals surface area contributed by atoms with Gasteiger partial charge in [-0.1, -0.05) is 31.4 Å². The lowest BCUT2D eigenvalue weighted by Gasteiger charge is -2.25. The van der Waals surface area contributed by atoms with Crippen LogP contribution in [-0.4, -0.2) is 46.0 Å². The molecule has 0 saturated heterocycles. The van der Waals surface area contributed by atoms with Crippen LogP contribution in [0, 0.1) is 5.92 Å². The number of rotatable bonds is 9. The Morgan fingerprint density at radius 1 is 1.31 bits per heavy atom. The van der Waals surface area contributed by atoms with Crippen LogP contribution in [0.2, 0.25) is 0 Å². The fourth-order valence-electron chi connectivity index (χ4n) is 3.61. The quantitative estimate of drug-likeness (QED) is 0.488. The number of carbonyl (C=O) groups is 1. The first-order chi connectivity index (χ1) is 12.3. The molecular weight excluding hydrogens is 353 g/mol. The smallest absolute Gasteiger partial charge is 0.335 e. The number of hydrogen-bond acceptors (Lipinski definition) is 4. The highest BCUT2D eigenvalue weighted by atomic mass is 31.2. The molecule has 6 nitrogen and oxygen atoms in total. The Bertz CT molecular complexity index is 645. The van der Waals surface area contributed by atoms with E-state index in [2.05, 4.69) is 5.32 Å². The molecule has 1 aromatic rings. The summed E-state index contributed by atoms with van der Waals surface area (Å²) in [7, 11) is -3.34. The average molecular weight is 383 g/mol. The molecule has 0 spiro atoms. The minimum Gasteiger partial charge on any atom is -0.478 e. The van der Waals surface area contributed by atoms with Crippen LogP contribution in [0.5, 0.6) is 0 Å². The summed E-state index contributed by atoms with van der Waals surface area (Å²) in [4.78, 5) is 21.3. The molecule has 0 aromatic heterocycles. The van der Waals surface area contributed by atoms with Crippen molar-refractivity contribution in [2.45, 2.75) is 51.2 Å². The Kier molecular flexibility index (Phi) is 7.84. The normalized spacial score (nSPS) is 20.3. The average Bonchev–Trinajstić information content (AvgIpc) is 2.59. The lowest BCUT2D eigenvalue weighted by molar-refractivity contribution is 0.0696. The van der Waals surface area contributed by atoms with Crippen LogP contribution >= 0.6 is 7.37 Å². The Labute approximate surface area is 155 Å². The van der Waals surface area contributed by atoms with E-state index < -0.39 is 19.4 Å². The number of carboxylic acids is 1. The molecule has 7 heteroatoms. The van der Waals surface area contributed by atoms with Gasteiger partial charge in [0.25, 0.3) is 0 Å². The third kappa shape index (κ3) is 6.84. The summed E-state index contributed by atoms with van der Waals surface area (Å²) >= 11 is 0. The number of aliphatic hydroxyl groups excluding tert-OH is 1. The number of carboxylic acid groups (broad SMARTS) is 1. The molecule has 1 aliphatic rings. The highest BCUT2D eigenvalue weighted by molar-refractivity contribution is 7.58. The number of benzene rings is 1. The Hall–Kier alpha value is -1.20. The predicted molar refractivity (Wildman–Crippen MR) is 102 cm³/mol. The molecule has 0 radical (unpaired) electrons. The molecule has 1 saturated carbocycles. The number of aliphatic hydroxyl groups is 1. The van der Waals surface area contributed by atoms with Crippen molar-refractivity contribution >= 4 is 13.3 Å². The fourth-order valence-corrected chi connectivity index (χ4v) is 5.72. The van der Waals surface area contributed by atoms with Crippen molar-refractivity contribution in [2.75, 3.05) is 18.9 Å². The van der Waals surface area contributed by atoms with Crippen LogP contribution in [-0.2, 0) is 4.57 Å². The second-order valence-corrected chi connectivity index (χ2v) is 9.85. The zero-order valence-corrected chi connectivity index (χ0v) is 16.2. The maximum absolute atomic E-state index is 12.4. The van der Waals surface area contributed by atoms with Crippen molar-refractivity contribution in [1.29, 1.82) is 0 Å². The summed E-state index contributed by atoms with van der Waals surface area (Å²) in [5.41, 5.74) is 1.01. The Balaban J connectivity index is 1.81. The largest absolute Gasteiger partial charge is 0.478 e. The Morgan fingerprint density at radius 2 is 2.00 bits per heavy atom. The summed E-state index contributed by atoms with van der Waals surface area (Å²) in [5.74, 6) is -0.680. The van der Waals surface area contributed by atoms with E-state index in [1.807, 2.05) is 13.0 Å². The first kappa shape index (κ1) is 21.1. The van der Waals surface area contributed by atoms with E-state index in [9.17, 15) is 19.4 Å². The highest BCUT2D eigenvalue weighted by Crippen LogP contribution is 2.45. The SMILES string of the molecule is C[C@H](NC[C@H](O)CP(=O)(O)CC1CCCCC1)c1cccc(C(=O)O)c1. The molecular formula is C19H30NO5P. The molecule has 1 aromatic carbocycles. The van der Waals surface area contributed by atoms with Crippen LogP contribution in [0.1, 0.15) is 61.0 Å². The molecule has 0 heterocycles. The molecule has 146 valence electrons. The van der Waals surface area contributed by atoms with Crippen molar-refractivity contribution in [3.63, 3.8) is 0 Å². The first-order valence-corrected chi connectivity index (χ1v) is 11.4. The summed E-state index contributed by atoms with van der Waals surface area (Å²) in [6.45, 7) is 2.06. The van der Waals surface area contributed by atoms with Crippen LogP contribution in [0.3, 0.4) is 0 Å². The highest BCUT2D eigenvalue weighted by Gasteiger charge is 2.28. The summed E-state index contributed by atoms with van der Waals surface area (Å²) < 4.78 is 12.4. The molecule has 3 atom stereocenters. The fraction of sp³-hybridized carbons (Fsp3) is 0.632.